The molecule has 4 aromatic rings. The molecule has 34 heavy (non-hydrogen) atoms. The molecular formula is C26H18ClNO6. The number of benzene rings is 3. The highest BCUT2D eigenvalue weighted by Gasteiger charge is 2.44. The molecule has 0 radical (unpaired) electrons. The number of methoxy groups -OCH3 is 1. The number of hydrogen-bond acceptors (Lipinski definition) is 6. The van der Waals surface area contributed by atoms with E-state index in [4.69, 9.17) is 25.5 Å². The number of para-hydroxylation sites is 1. The third kappa shape index (κ3) is 3.80. The minimum Gasteiger partial charge on any atom is -0.478 e. The standard InChI is InChI=1S/C26H18ClNO6/c1-32-25(30)15-8-6-14(7-9-15)20-21-22(18-4-2-3-5-19(18)33-26(21)31)34-23(20)24(29)28-17-12-10-16(27)11-13-17/h2-13,20,23H,1H3,(H,28,29)/t20-,23+/m0/s1. The SMILES string of the molecule is COC(=O)c1ccc([C@H]2c3c(c4ccccc4oc3=O)O[C@H]2C(=O)Nc2ccc(Cl)cc2)cc1. The smallest absolute Gasteiger partial charge is 0.344 e. The van der Waals surface area contributed by atoms with Crippen LogP contribution in [0.5, 0.6) is 5.75 Å². The van der Waals surface area contributed by atoms with Crippen LogP contribution in [-0.2, 0) is 9.53 Å². The summed E-state index contributed by atoms with van der Waals surface area (Å²) in [7, 11) is 1.30. The van der Waals surface area contributed by atoms with Crippen molar-refractivity contribution in [2.24, 2.45) is 0 Å². The Labute approximate surface area is 198 Å². The van der Waals surface area contributed by atoms with Crippen molar-refractivity contribution in [3.05, 3.63) is 105 Å². The Morgan fingerprint density at radius 1 is 0.971 bits per heavy atom. The lowest BCUT2D eigenvalue weighted by Crippen LogP contribution is -2.35. The van der Waals surface area contributed by atoms with Crippen LogP contribution in [0, 0.1) is 0 Å². The summed E-state index contributed by atoms with van der Waals surface area (Å²) in [5.74, 6) is -1.37. The number of ether oxygens (including phenoxy) is 2. The van der Waals surface area contributed by atoms with Crippen molar-refractivity contribution in [1.82, 2.24) is 0 Å². The first-order valence-corrected chi connectivity index (χ1v) is 10.8. The summed E-state index contributed by atoms with van der Waals surface area (Å²) in [6.07, 6.45) is -1.05. The maximum atomic E-state index is 13.3. The van der Waals surface area contributed by atoms with Gasteiger partial charge in [-0.15, -0.1) is 0 Å². The van der Waals surface area contributed by atoms with Crippen LogP contribution in [0.15, 0.2) is 82.0 Å². The van der Waals surface area contributed by atoms with E-state index in [1.54, 1.807) is 72.8 Å². The Morgan fingerprint density at radius 3 is 2.38 bits per heavy atom. The van der Waals surface area contributed by atoms with E-state index in [2.05, 4.69) is 5.32 Å². The molecule has 0 aliphatic carbocycles. The maximum absolute atomic E-state index is 13.3. The van der Waals surface area contributed by atoms with Crippen molar-refractivity contribution in [2.75, 3.05) is 12.4 Å². The van der Waals surface area contributed by atoms with Crippen LogP contribution >= 0.6 is 11.6 Å². The zero-order chi connectivity index (χ0) is 23.8. The van der Waals surface area contributed by atoms with E-state index in [1.165, 1.54) is 7.11 Å². The van der Waals surface area contributed by atoms with Crippen LogP contribution in [0.4, 0.5) is 5.69 Å². The number of amides is 1. The molecule has 2 heterocycles. The van der Waals surface area contributed by atoms with Crippen molar-refractivity contribution in [2.45, 2.75) is 12.0 Å². The van der Waals surface area contributed by atoms with Crippen molar-refractivity contribution >= 4 is 40.1 Å². The number of nitrogens with one attached hydrogen (secondary N) is 1. The molecule has 1 aromatic heterocycles. The van der Waals surface area contributed by atoms with Gasteiger partial charge >= 0.3 is 11.6 Å². The third-order valence-corrected chi connectivity index (χ3v) is 5.97. The van der Waals surface area contributed by atoms with Crippen LogP contribution in [0.3, 0.4) is 0 Å². The molecule has 170 valence electrons. The molecule has 1 amide bonds. The Balaban J connectivity index is 1.60. The average molecular weight is 476 g/mol. The fraction of sp³-hybridized carbons (Fsp3) is 0.115. The summed E-state index contributed by atoms with van der Waals surface area (Å²) in [5.41, 5.74) is 1.53. The molecule has 7 nitrogen and oxygen atoms in total. The monoisotopic (exact) mass is 475 g/mol. The predicted octanol–water partition coefficient (Wildman–Crippen LogP) is 4.76. The largest absolute Gasteiger partial charge is 0.478 e. The molecule has 2 atom stereocenters. The highest BCUT2D eigenvalue weighted by atomic mass is 35.5. The molecule has 0 spiro atoms. The number of carbonyl (C=O) groups excluding carboxylic acids is 2. The minimum atomic E-state index is -1.05. The summed E-state index contributed by atoms with van der Waals surface area (Å²) in [4.78, 5) is 38.2. The second-order valence-corrected chi connectivity index (χ2v) is 8.19. The van der Waals surface area contributed by atoms with Crippen LogP contribution in [0.2, 0.25) is 5.02 Å². The number of rotatable bonds is 4. The van der Waals surface area contributed by atoms with E-state index in [0.29, 0.717) is 38.6 Å². The van der Waals surface area contributed by atoms with Gasteiger partial charge in [0.15, 0.2) is 6.10 Å². The number of carbonyl (C=O) groups is 2. The second kappa shape index (κ2) is 8.68. The minimum absolute atomic E-state index is 0.251. The van der Waals surface area contributed by atoms with E-state index < -0.39 is 29.5 Å². The Bertz CT molecular complexity index is 1460. The van der Waals surface area contributed by atoms with Crippen molar-refractivity contribution in [3.63, 3.8) is 0 Å². The summed E-state index contributed by atoms with van der Waals surface area (Å²) in [6, 6.07) is 20.2. The molecular weight excluding hydrogens is 458 g/mol. The average Bonchev–Trinajstić information content (AvgIpc) is 3.27. The highest BCUT2D eigenvalue weighted by molar-refractivity contribution is 6.30. The first-order valence-electron chi connectivity index (χ1n) is 10.4. The van der Waals surface area contributed by atoms with E-state index in [9.17, 15) is 14.4 Å². The summed E-state index contributed by atoms with van der Waals surface area (Å²) < 4.78 is 16.4. The Morgan fingerprint density at radius 2 is 1.68 bits per heavy atom. The summed E-state index contributed by atoms with van der Waals surface area (Å²) in [6.45, 7) is 0. The quantitative estimate of drug-likeness (QED) is 0.337. The van der Waals surface area contributed by atoms with Crippen molar-refractivity contribution < 1.29 is 23.5 Å². The maximum Gasteiger partial charge on any atom is 0.344 e. The highest BCUT2D eigenvalue weighted by Crippen LogP contribution is 2.44. The zero-order valence-corrected chi connectivity index (χ0v) is 18.7. The van der Waals surface area contributed by atoms with Gasteiger partial charge < -0.3 is 19.2 Å². The fourth-order valence-electron chi connectivity index (χ4n) is 4.11. The molecule has 5 rings (SSSR count). The topological polar surface area (TPSA) is 94.8 Å². The summed E-state index contributed by atoms with van der Waals surface area (Å²) in [5, 5.41) is 3.95. The van der Waals surface area contributed by atoms with E-state index in [-0.39, 0.29) is 5.56 Å². The van der Waals surface area contributed by atoms with Gasteiger partial charge in [0.25, 0.3) is 5.91 Å². The molecule has 1 N–H and O–H groups in total. The normalized spacial score (nSPS) is 16.5. The van der Waals surface area contributed by atoms with E-state index in [0.717, 1.165) is 0 Å². The number of esters is 1. The van der Waals surface area contributed by atoms with Gasteiger partial charge in [-0.25, -0.2) is 9.59 Å². The van der Waals surface area contributed by atoms with Gasteiger partial charge in [0, 0.05) is 10.7 Å². The molecule has 0 saturated carbocycles. The van der Waals surface area contributed by atoms with Gasteiger partial charge in [0.05, 0.1) is 29.5 Å². The molecule has 0 bridgehead atoms. The molecule has 0 unspecified atom stereocenters. The van der Waals surface area contributed by atoms with E-state index >= 15 is 0 Å². The molecule has 8 heteroatoms. The Kier molecular flexibility index (Phi) is 5.55. The van der Waals surface area contributed by atoms with E-state index in [1.807, 2.05) is 0 Å². The van der Waals surface area contributed by atoms with Crippen molar-refractivity contribution in [3.8, 4) is 5.75 Å². The zero-order valence-electron chi connectivity index (χ0n) is 17.9. The van der Waals surface area contributed by atoms with Gasteiger partial charge in [0.2, 0.25) is 0 Å². The van der Waals surface area contributed by atoms with Crippen LogP contribution in [-0.4, -0.2) is 25.1 Å². The van der Waals surface area contributed by atoms with Gasteiger partial charge in [0.1, 0.15) is 11.3 Å². The lowest BCUT2D eigenvalue weighted by atomic mass is 9.87. The summed E-state index contributed by atoms with van der Waals surface area (Å²) >= 11 is 5.94. The van der Waals surface area contributed by atoms with Gasteiger partial charge in [-0.2, -0.15) is 0 Å². The molecule has 3 aromatic carbocycles. The lowest BCUT2D eigenvalue weighted by Gasteiger charge is -2.19. The number of anilines is 1. The molecule has 1 aliphatic rings. The van der Waals surface area contributed by atoms with Crippen LogP contribution in [0.1, 0.15) is 27.4 Å². The van der Waals surface area contributed by atoms with Gasteiger partial charge in [-0.05, 0) is 54.1 Å². The van der Waals surface area contributed by atoms with Crippen molar-refractivity contribution in [1.29, 1.82) is 0 Å². The third-order valence-electron chi connectivity index (χ3n) is 5.72. The van der Waals surface area contributed by atoms with Gasteiger partial charge in [-0.1, -0.05) is 35.9 Å². The number of fused-ring (bicyclic) bond motifs is 3. The lowest BCUT2D eigenvalue weighted by molar-refractivity contribution is -0.122. The first-order chi connectivity index (χ1) is 16.5. The number of hydrogen-bond donors (Lipinski definition) is 1. The van der Waals surface area contributed by atoms with Crippen LogP contribution in [0.25, 0.3) is 11.0 Å². The van der Waals surface area contributed by atoms with Gasteiger partial charge in [-0.3, -0.25) is 4.79 Å². The number of halogens is 1. The van der Waals surface area contributed by atoms with Crippen LogP contribution < -0.4 is 15.7 Å². The predicted molar refractivity (Wildman–Crippen MR) is 127 cm³/mol. The molecule has 1 aliphatic heterocycles. The Hall–Kier alpha value is -4.10. The molecule has 0 saturated heterocycles. The second-order valence-electron chi connectivity index (χ2n) is 7.75. The first kappa shape index (κ1) is 21.7. The molecule has 0 fully saturated rings. The fourth-order valence-corrected chi connectivity index (χ4v) is 4.24.